The zero-order valence-electron chi connectivity index (χ0n) is 17.3. The molecule has 0 aromatic heterocycles. The first-order valence-corrected chi connectivity index (χ1v) is 9.81. The minimum absolute atomic E-state index is 0.0533. The van der Waals surface area contributed by atoms with Gasteiger partial charge in [0.05, 0.1) is 11.3 Å². The van der Waals surface area contributed by atoms with Crippen molar-refractivity contribution >= 4 is 29.6 Å². The molecule has 0 saturated carbocycles. The summed E-state index contributed by atoms with van der Waals surface area (Å²) in [6, 6.07) is 9.33. The Bertz CT molecular complexity index is 1100. The summed E-state index contributed by atoms with van der Waals surface area (Å²) < 4.78 is 9.86. The van der Waals surface area contributed by atoms with Crippen molar-refractivity contribution < 1.29 is 54.5 Å². The first-order valence-electron chi connectivity index (χ1n) is 9.81. The van der Waals surface area contributed by atoms with E-state index in [0.29, 0.717) is 5.56 Å². The lowest BCUT2D eigenvalue weighted by atomic mass is 9.99. The highest BCUT2D eigenvalue weighted by atomic mass is 16.7. The number of aliphatic hydroxyl groups is 3. The summed E-state index contributed by atoms with van der Waals surface area (Å²) in [5.74, 6) is -3.87. The van der Waals surface area contributed by atoms with Gasteiger partial charge in [0.15, 0.2) is 6.10 Å². The van der Waals surface area contributed by atoms with Crippen molar-refractivity contribution in [3.8, 4) is 11.5 Å². The molecule has 0 aliphatic carbocycles. The second-order valence-corrected chi connectivity index (χ2v) is 7.28. The Hall–Kier alpha value is -3.97. The predicted molar refractivity (Wildman–Crippen MR) is 114 cm³/mol. The number of carbonyl (C=O) groups is 3. The number of hydrogen-bond acceptors (Lipinski definition) is 10. The molecule has 0 radical (unpaired) electrons. The number of phenolic OH excluding ortho intramolecular Hbond substituents is 2. The van der Waals surface area contributed by atoms with Crippen LogP contribution in [-0.4, -0.2) is 79.2 Å². The summed E-state index contributed by atoms with van der Waals surface area (Å²) in [6.45, 7) is 0. The fourth-order valence-corrected chi connectivity index (χ4v) is 3.06. The van der Waals surface area contributed by atoms with Crippen molar-refractivity contribution in [3.63, 3.8) is 0 Å². The highest BCUT2D eigenvalue weighted by Gasteiger charge is 2.48. The Balaban J connectivity index is 1.76. The van der Waals surface area contributed by atoms with Gasteiger partial charge >= 0.3 is 11.9 Å². The average molecular weight is 475 g/mol. The van der Waals surface area contributed by atoms with Crippen LogP contribution in [0.25, 0.3) is 6.08 Å². The molecular weight excluding hydrogens is 454 g/mol. The number of aliphatic hydroxyl groups excluding tert-OH is 3. The number of ether oxygens (including phenoxy) is 2. The molecule has 3 rings (SSSR count). The molecule has 0 unspecified atom stereocenters. The lowest BCUT2D eigenvalue weighted by Crippen LogP contribution is -2.60. The average Bonchev–Trinajstić information content (AvgIpc) is 2.79. The maximum atomic E-state index is 12.7. The van der Waals surface area contributed by atoms with Crippen LogP contribution >= 0.6 is 0 Å². The zero-order valence-corrected chi connectivity index (χ0v) is 17.3. The number of aliphatic carboxylic acids is 1. The third-order valence-corrected chi connectivity index (χ3v) is 4.84. The van der Waals surface area contributed by atoms with Gasteiger partial charge in [0.25, 0.3) is 0 Å². The number of benzene rings is 2. The van der Waals surface area contributed by atoms with E-state index in [-0.39, 0.29) is 22.7 Å². The second kappa shape index (κ2) is 10.3. The smallest absolute Gasteiger partial charge is 0.342 e. The molecule has 12 heteroatoms. The number of rotatable bonds is 6. The van der Waals surface area contributed by atoms with Crippen molar-refractivity contribution in [3.05, 3.63) is 59.7 Å². The highest BCUT2D eigenvalue weighted by molar-refractivity contribution is 6.06. The summed E-state index contributed by atoms with van der Waals surface area (Å²) in [7, 11) is 0. The fraction of sp³-hybridized carbons (Fsp3) is 0.227. The molecule has 34 heavy (non-hydrogen) atoms. The Morgan fingerprint density at radius 1 is 0.912 bits per heavy atom. The van der Waals surface area contributed by atoms with Crippen LogP contribution in [0.4, 0.5) is 5.69 Å². The molecule has 1 aliphatic rings. The lowest BCUT2D eigenvalue weighted by Gasteiger charge is -2.38. The molecule has 1 aliphatic heterocycles. The molecule has 2 aromatic rings. The van der Waals surface area contributed by atoms with Gasteiger partial charge in [-0.15, -0.1) is 0 Å². The van der Waals surface area contributed by atoms with Gasteiger partial charge in [-0.2, -0.15) is 0 Å². The van der Waals surface area contributed by atoms with E-state index < -0.39 is 48.6 Å². The van der Waals surface area contributed by atoms with Crippen LogP contribution in [0.1, 0.15) is 15.9 Å². The van der Waals surface area contributed by atoms with E-state index in [0.717, 1.165) is 12.1 Å². The molecule has 0 spiro atoms. The lowest BCUT2D eigenvalue weighted by molar-refractivity contribution is -0.278. The third-order valence-electron chi connectivity index (χ3n) is 4.84. The van der Waals surface area contributed by atoms with Crippen molar-refractivity contribution in [1.82, 2.24) is 0 Å². The van der Waals surface area contributed by atoms with E-state index in [1.54, 1.807) is 12.1 Å². The van der Waals surface area contributed by atoms with E-state index in [9.17, 15) is 39.9 Å². The molecule has 1 amide bonds. The Morgan fingerprint density at radius 2 is 1.56 bits per heavy atom. The predicted octanol–water partition coefficient (Wildman–Crippen LogP) is -0.201. The number of carboxylic acids is 1. The van der Waals surface area contributed by atoms with E-state index in [2.05, 4.69) is 5.32 Å². The normalized spacial score (nSPS) is 24.5. The maximum Gasteiger partial charge on any atom is 0.342 e. The number of hydrogen-bond donors (Lipinski definition) is 7. The first-order chi connectivity index (χ1) is 16.1. The highest BCUT2D eigenvalue weighted by Crippen LogP contribution is 2.27. The number of phenols is 2. The quantitative estimate of drug-likeness (QED) is 0.166. The standard InChI is InChI=1S/C22H21NO11/c24-11-4-1-10(2-5-11)3-8-15(26)23-14-7-6-12(25)9-13(14)21(32)34-22-18(29)16(27)17(28)19(33-22)20(30)31/h1-9,16-19,22,24-25,27-29H,(H,23,26)(H,30,31)/b8-3+/t16-,17-,18+,19-,22-/m0/s1. The largest absolute Gasteiger partial charge is 0.508 e. The van der Waals surface area contributed by atoms with E-state index in [4.69, 9.17) is 14.6 Å². The van der Waals surface area contributed by atoms with E-state index >= 15 is 0 Å². The van der Waals surface area contributed by atoms with Gasteiger partial charge < -0.3 is 45.4 Å². The Kier molecular flexibility index (Phi) is 7.48. The van der Waals surface area contributed by atoms with Crippen LogP contribution in [0.2, 0.25) is 0 Å². The minimum atomic E-state index is -1.99. The summed E-state index contributed by atoms with van der Waals surface area (Å²) >= 11 is 0. The number of amides is 1. The fourth-order valence-electron chi connectivity index (χ4n) is 3.06. The van der Waals surface area contributed by atoms with E-state index in [1.807, 2.05) is 0 Å². The topological polar surface area (TPSA) is 203 Å². The number of nitrogens with one attached hydrogen (secondary N) is 1. The SMILES string of the molecule is O=C(/C=C/c1ccc(O)cc1)Nc1ccc(O)cc1C(=O)O[C@@H]1O[C@H](C(=O)O)[C@@H](O)[C@H](O)[C@H]1O. The van der Waals surface area contributed by atoms with Gasteiger partial charge in [-0.3, -0.25) is 4.79 Å². The number of carboxylic acid groups (broad SMARTS) is 1. The molecule has 0 bridgehead atoms. The summed E-state index contributed by atoms with van der Waals surface area (Å²) in [5, 5.41) is 60.1. The molecule has 7 N–H and O–H groups in total. The molecule has 1 heterocycles. The van der Waals surface area contributed by atoms with Gasteiger partial charge in [-0.25, -0.2) is 9.59 Å². The van der Waals surface area contributed by atoms with Crippen LogP contribution in [0.5, 0.6) is 11.5 Å². The molecule has 2 aromatic carbocycles. The minimum Gasteiger partial charge on any atom is -0.508 e. The van der Waals surface area contributed by atoms with Crippen LogP contribution in [0.15, 0.2) is 48.5 Å². The molecule has 12 nitrogen and oxygen atoms in total. The van der Waals surface area contributed by atoms with Crippen molar-refractivity contribution in [1.29, 1.82) is 0 Å². The van der Waals surface area contributed by atoms with Crippen molar-refractivity contribution in [2.45, 2.75) is 30.7 Å². The number of esters is 1. The third kappa shape index (κ3) is 5.68. The van der Waals surface area contributed by atoms with Crippen molar-refractivity contribution in [2.24, 2.45) is 0 Å². The molecular formula is C22H21NO11. The van der Waals surface area contributed by atoms with Crippen LogP contribution < -0.4 is 5.32 Å². The van der Waals surface area contributed by atoms with Crippen LogP contribution in [0.3, 0.4) is 0 Å². The Morgan fingerprint density at radius 3 is 2.21 bits per heavy atom. The van der Waals surface area contributed by atoms with Crippen LogP contribution in [-0.2, 0) is 19.1 Å². The summed E-state index contributed by atoms with van der Waals surface area (Å²) in [4.78, 5) is 36.2. The molecule has 1 saturated heterocycles. The van der Waals surface area contributed by atoms with Crippen molar-refractivity contribution in [2.75, 3.05) is 5.32 Å². The molecule has 1 fully saturated rings. The number of anilines is 1. The Labute approximate surface area is 191 Å². The van der Waals surface area contributed by atoms with Gasteiger partial charge in [0.1, 0.15) is 29.8 Å². The molecule has 180 valence electrons. The number of carbonyl (C=O) groups excluding carboxylic acids is 2. The maximum absolute atomic E-state index is 12.7. The number of aromatic hydroxyl groups is 2. The van der Waals surface area contributed by atoms with Gasteiger partial charge in [0.2, 0.25) is 12.2 Å². The van der Waals surface area contributed by atoms with Gasteiger partial charge in [-0.05, 0) is 42.0 Å². The summed E-state index contributed by atoms with van der Waals surface area (Å²) in [6.07, 6.45) is -7.29. The van der Waals surface area contributed by atoms with E-state index in [1.165, 1.54) is 30.3 Å². The van der Waals surface area contributed by atoms with Crippen LogP contribution in [0, 0.1) is 0 Å². The monoisotopic (exact) mass is 475 g/mol. The molecule has 5 atom stereocenters. The summed E-state index contributed by atoms with van der Waals surface area (Å²) in [5.41, 5.74) is 0.147. The second-order valence-electron chi connectivity index (χ2n) is 7.28. The first kappa shape index (κ1) is 24.7. The zero-order chi connectivity index (χ0) is 25.0. The van der Waals surface area contributed by atoms with Gasteiger partial charge in [0, 0.05) is 6.08 Å². The van der Waals surface area contributed by atoms with Gasteiger partial charge in [-0.1, -0.05) is 12.1 Å².